The summed E-state index contributed by atoms with van der Waals surface area (Å²) in [6.07, 6.45) is 1.69. The summed E-state index contributed by atoms with van der Waals surface area (Å²) in [6, 6.07) is 4.80. The molecule has 1 rings (SSSR count). The molecule has 1 aromatic carbocycles. The smallest absolute Gasteiger partial charge is 0.258 e. The maximum Gasteiger partial charge on any atom is 0.258 e. The fourth-order valence-corrected chi connectivity index (χ4v) is 1.78. The van der Waals surface area contributed by atoms with E-state index in [1.807, 2.05) is 13.8 Å². The number of phenols is 1. The summed E-state index contributed by atoms with van der Waals surface area (Å²) < 4.78 is 0. The van der Waals surface area contributed by atoms with E-state index < -0.39 is 5.91 Å². The van der Waals surface area contributed by atoms with E-state index in [1.165, 1.54) is 11.0 Å². The normalized spacial score (nSPS) is 10.2. The quantitative estimate of drug-likeness (QED) is 0.815. The second kappa shape index (κ2) is 6.78. The molecule has 0 unspecified atom stereocenters. The third kappa shape index (κ3) is 4.28. The first-order valence-corrected chi connectivity index (χ1v) is 6.33. The summed E-state index contributed by atoms with van der Waals surface area (Å²) in [5.74, 6) is -1.01. The molecule has 2 amide bonds. The fourth-order valence-electron chi connectivity index (χ4n) is 1.78. The number of amides is 2. The number of nitrogens with zero attached hydrogens (tertiary/aromatic N) is 1. The molecule has 0 aromatic heterocycles. The Hall–Kier alpha value is -2.04. The zero-order valence-electron chi connectivity index (χ0n) is 11.3. The summed E-state index contributed by atoms with van der Waals surface area (Å²) in [6.45, 7) is 4.15. The Labute approximate surface area is 113 Å². The molecule has 0 aliphatic heterocycles. The van der Waals surface area contributed by atoms with Gasteiger partial charge >= 0.3 is 0 Å². The zero-order valence-corrected chi connectivity index (χ0v) is 11.3. The maximum atomic E-state index is 12.3. The van der Waals surface area contributed by atoms with Crippen LogP contribution in [0.1, 0.15) is 35.7 Å². The van der Waals surface area contributed by atoms with E-state index in [9.17, 15) is 14.7 Å². The van der Waals surface area contributed by atoms with Crippen LogP contribution >= 0.6 is 0 Å². The van der Waals surface area contributed by atoms with E-state index in [0.717, 1.165) is 18.4 Å². The van der Waals surface area contributed by atoms with Crippen LogP contribution in [0.3, 0.4) is 0 Å². The third-order valence-corrected chi connectivity index (χ3v) is 2.80. The van der Waals surface area contributed by atoms with Crippen molar-refractivity contribution in [3.63, 3.8) is 0 Å². The van der Waals surface area contributed by atoms with Gasteiger partial charge < -0.3 is 15.7 Å². The number of hydrogen-bond acceptors (Lipinski definition) is 3. The zero-order chi connectivity index (χ0) is 14.4. The molecule has 0 atom stereocenters. The SMILES string of the molecule is CCCCN(CC(N)=O)C(=O)c1cc(C)ccc1O. The number of primary amides is 1. The summed E-state index contributed by atoms with van der Waals surface area (Å²) in [5.41, 5.74) is 6.23. The highest BCUT2D eigenvalue weighted by molar-refractivity contribution is 5.98. The molecule has 0 spiro atoms. The predicted molar refractivity (Wildman–Crippen MR) is 72.8 cm³/mol. The van der Waals surface area contributed by atoms with Gasteiger partial charge in [-0.2, -0.15) is 0 Å². The number of hydrogen-bond donors (Lipinski definition) is 2. The van der Waals surface area contributed by atoms with Crippen molar-refractivity contribution < 1.29 is 14.7 Å². The predicted octanol–water partition coefficient (Wildman–Crippen LogP) is 1.43. The summed E-state index contributed by atoms with van der Waals surface area (Å²) >= 11 is 0. The van der Waals surface area contributed by atoms with Crippen LogP contribution in [-0.2, 0) is 4.79 Å². The van der Waals surface area contributed by atoms with Crippen LogP contribution in [0.4, 0.5) is 0 Å². The second-order valence-electron chi connectivity index (χ2n) is 4.57. The van der Waals surface area contributed by atoms with Gasteiger partial charge in [-0.15, -0.1) is 0 Å². The van der Waals surface area contributed by atoms with Crippen molar-refractivity contribution >= 4 is 11.8 Å². The number of phenolic OH excluding ortho intramolecular Hbond substituents is 1. The monoisotopic (exact) mass is 264 g/mol. The topological polar surface area (TPSA) is 83.6 Å². The third-order valence-electron chi connectivity index (χ3n) is 2.80. The number of rotatable bonds is 6. The van der Waals surface area contributed by atoms with Crippen molar-refractivity contribution in [2.24, 2.45) is 5.73 Å². The first kappa shape index (κ1) is 15.0. The first-order valence-electron chi connectivity index (χ1n) is 6.33. The van der Waals surface area contributed by atoms with Crippen LogP contribution in [-0.4, -0.2) is 34.9 Å². The summed E-state index contributed by atoms with van der Waals surface area (Å²) in [5, 5.41) is 9.75. The van der Waals surface area contributed by atoms with Crippen molar-refractivity contribution in [2.45, 2.75) is 26.7 Å². The van der Waals surface area contributed by atoms with Crippen LogP contribution in [0.2, 0.25) is 0 Å². The molecule has 0 bridgehead atoms. The number of nitrogens with two attached hydrogens (primary N) is 1. The van der Waals surface area contributed by atoms with Gasteiger partial charge in [0.05, 0.1) is 12.1 Å². The molecular formula is C14H20N2O3. The number of carbonyl (C=O) groups excluding carboxylic acids is 2. The van der Waals surface area contributed by atoms with Gasteiger partial charge in [0.1, 0.15) is 5.75 Å². The number of aryl methyl sites for hydroxylation is 1. The Bertz CT molecular complexity index is 472. The standard InChI is InChI=1S/C14H20N2O3/c1-3-4-7-16(9-13(15)18)14(19)11-8-10(2)5-6-12(11)17/h5-6,8,17H,3-4,7,9H2,1-2H3,(H2,15,18). The van der Waals surface area contributed by atoms with E-state index in [2.05, 4.69) is 0 Å². The molecule has 0 fully saturated rings. The molecule has 0 aliphatic rings. The Balaban J connectivity index is 2.97. The lowest BCUT2D eigenvalue weighted by molar-refractivity contribution is -0.118. The minimum atomic E-state index is -0.559. The number of unbranched alkanes of at least 4 members (excludes halogenated alkanes) is 1. The van der Waals surface area contributed by atoms with Crippen LogP contribution in [0.25, 0.3) is 0 Å². The molecule has 1 aromatic rings. The van der Waals surface area contributed by atoms with Crippen molar-refractivity contribution in [1.82, 2.24) is 4.90 Å². The Morgan fingerprint density at radius 1 is 1.37 bits per heavy atom. The molecule has 0 radical (unpaired) electrons. The van der Waals surface area contributed by atoms with Gasteiger partial charge in [0.2, 0.25) is 5.91 Å². The van der Waals surface area contributed by atoms with Crippen LogP contribution in [0.5, 0.6) is 5.75 Å². The number of benzene rings is 1. The van der Waals surface area contributed by atoms with Gasteiger partial charge in [0, 0.05) is 6.54 Å². The Morgan fingerprint density at radius 2 is 2.05 bits per heavy atom. The van der Waals surface area contributed by atoms with Gasteiger partial charge in [-0.3, -0.25) is 9.59 Å². The van der Waals surface area contributed by atoms with Gasteiger partial charge in [-0.05, 0) is 25.5 Å². The average Bonchev–Trinajstić information content (AvgIpc) is 2.36. The van der Waals surface area contributed by atoms with E-state index >= 15 is 0 Å². The lowest BCUT2D eigenvalue weighted by Gasteiger charge is -2.21. The Morgan fingerprint density at radius 3 is 2.63 bits per heavy atom. The van der Waals surface area contributed by atoms with Crippen LogP contribution in [0.15, 0.2) is 18.2 Å². The first-order chi connectivity index (χ1) is 8.95. The highest BCUT2D eigenvalue weighted by atomic mass is 16.3. The Kier molecular flexibility index (Phi) is 5.36. The molecular weight excluding hydrogens is 244 g/mol. The number of carbonyl (C=O) groups is 2. The van der Waals surface area contributed by atoms with Gasteiger partial charge in [-0.25, -0.2) is 0 Å². The van der Waals surface area contributed by atoms with Gasteiger partial charge in [0.25, 0.3) is 5.91 Å². The van der Waals surface area contributed by atoms with Crippen LogP contribution in [0, 0.1) is 6.92 Å². The number of aromatic hydroxyl groups is 1. The van der Waals surface area contributed by atoms with E-state index in [0.29, 0.717) is 6.54 Å². The van der Waals surface area contributed by atoms with Crippen molar-refractivity contribution in [1.29, 1.82) is 0 Å². The highest BCUT2D eigenvalue weighted by Crippen LogP contribution is 2.20. The molecule has 3 N–H and O–H groups in total. The van der Waals surface area contributed by atoms with Gasteiger partial charge in [0.15, 0.2) is 0 Å². The maximum absolute atomic E-state index is 12.3. The summed E-state index contributed by atoms with van der Waals surface area (Å²) in [4.78, 5) is 24.7. The molecule has 0 saturated carbocycles. The highest BCUT2D eigenvalue weighted by Gasteiger charge is 2.20. The molecule has 19 heavy (non-hydrogen) atoms. The fraction of sp³-hybridized carbons (Fsp3) is 0.429. The average molecular weight is 264 g/mol. The molecule has 5 heteroatoms. The molecule has 0 aliphatic carbocycles. The van der Waals surface area contributed by atoms with Gasteiger partial charge in [-0.1, -0.05) is 25.0 Å². The van der Waals surface area contributed by atoms with Crippen molar-refractivity contribution in [3.8, 4) is 5.75 Å². The minimum Gasteiger partial charge on any atom is -0.507 e. The molecule has 0 saturated heterocycles. The molecule has 0 heterocycles. The van der Waals surface area contributed by atoms with E-state index in [4.69, 9.17) is 5.73 Å². The lowest BCUT2D eigenvalue weighted by Crippen LogP contribution is -2.39. The molecule has 104 valence electrons. The van der Waals surface area contributed by atoms with Crippen LogP contribution < -0.4 is 5.73 Å². The van der Waals surface area contributed by atoms with E-state index in [1.54, 1.807) is 12.1 Å². The second-order valence-corrected chi connectivity index (χ2v) is 4.57. The van der Waals surface area contributed by atoms with E-state index in [-0.39, 0.29) is 23.8 Å². The van der Waals surface area contributed by atoms with Crippen molar-refractivity contribution in [2.75, 3.05) is 13.1 Å². The summed E-state index contributed by atoms with van der Waals surface area (Å²) in [7, 11) is 0. The molecule has 5 nitrogen and oxygen atoms in total. The minimum absolute atomic E-state index is 0.0819. The largest absolute Gasteiger partial charge is 0.507 e. The lowest BCUT2D eigenvalue weighted by atomic mass is 10.1. The van der Waals surface area contributed by atoms with Crippen molar-refractivity contribution in [3.05, 3.63) is 29.3 Å².